The van der Waals surface area contributed by atoms with Crippen molar-refractivity contribution < 1.29 is 4.84 Å². The average molecular weight is 175 g/mol. The standard InChI is InChI=1S/C9H9N3O/c1-6-7-4-2-3-5-8(7)9(13-10)12-11-6/h2-5H,10H2,1H3. The fourth-order valence-electron chi connectivity index (χ4n) is 1.30. The highest BCUT2D eigenvalue weighted by Gasteiger charge is 2.05. The number of nitrogens with two attached hydrogens (primary N) is 1. The summed E-state index contributed by atoms with van der Waals surface area (Å²) in [6, 6.07) is 7.71. The molecule has 0 unspecified atom stereocenters. The summed E-state index contributed by atoms with van der Waals surface area (Å²) in [7, 11) is 0. The highest BCUT2D eigenvalue weighted by atomic mass is 16.6. The lowest BCUT2D eigenvalue weighted by molar-refractivity contribution is 0.321. The Kier molecular flexibility index (Phi) is 1.83. The van der Waals surface area contributed by atoms with Gasteiger partial charge in [0.15, 0.2) is 0 Å². The predicted molar refractivity (Wildman–Crippen MR) is 49.1 cm³/mol. The van der Waals surface area contributed by atoms with Gasteiger partial charge in [-0.05, 0) is 13.0 Å². The van der Waals surface area contributed by atoms with Crippen LogP contribution in [-0.4, -0.2) is 10.2 Å². The van der Waals surface area contributed by atoms with Gasteiger partial charge in [-0.3, -0.25) is 0 Å². The van der Waals surface area contributed by atoms with E-state index in [2.05, 4.69) is 15.0 Å². The third kappa shape index (κ3) is 1.21. The number of fused-ring (bicyclic) bond motifs is 1. The Morgan fingerprint density at radius 1 is 1.15 bits per heavy atom. The smallest absolute Gasteiger partial charge is 0.264 e. The lowest BCUT2D eigenvalue weighted by Crippen LogP contribution is -2.05. The molecule has 0 fully saturated rings. The van der Waals surface area contributed by atoms with Crippen LogP contribution < -0.4 is 10.7 Å². The van der Waals surface area contributed by atoms with E-state index in [0.29, 0.717) is 5.88 Å². The third-order valence-electron chi connectivity index (χ3n) is 1.95. The van der Waals surface area contributed by atoms with Gasteiger partial charge in [0.1, 0.15) is 0 Å². The van der Waals surface area contributed by atoms with Gasteiger partial charge in [0.2, 0.25) is 0 Å². The largest absolute Gasteiger partial charge is 0.389 e. The first-order chi connectivity index (χ1) is 6.33. The number of nitrogens with zero attached hydrogens (tertiary/aromatic N) is 2. The van der Waals surface area contributed by atoms with Gasteiger partial charge in [0.05, 0.1) is 5.69 Å². The molecule has 0 aliphatic rings. The molecular weight excluding hydrogens is 166 g/mol. The summed E-state index contributed by atoms with van der Waals surface area (Å²) in [6.07, 6.45) is 0. The summed E-state index contributed by atoms with van der Waals surface area (Å²) in [5, 5.41) is 9.65. The van der Waals surface area contributed by atoms with Crippen molar-refractivity contribution in [2.75, 3.05) is 0 Å². The van der Waals surface area contributed by atoms with Crippen molar-refractivity contribution in [3.05, 3.63) is 30.0 Å². The fraction of sp³-hybridized carbons (Fsp3) is 0.111. The van der Waals surface area contributed by atoms with Crippen molar-refractivity contribution in [2.45, 2.75) is 6.92 Å². The molecule has 2 aromatic rings. The SMILES string of the molecule is Cc1nnc(ON)c2ccccc12. The van der Waals surface area contributed by atoms with Gasteiger partial charge < -0.3 is 4.84 Å². The molecule has 2 N–H and O–H groups in total. The number of benzene rings is 1. The molecule has 4 heteroatoms. The molecule has 1 aromatic heterocycles. The van der Waals surface area contributed by atoms with Crippen LogP contribution in [0.4, 0.5) is 0 Å². The van der Waals surface area contributed by atoms with Crippen LogP contribution in [0.25, 0.3) is 10.8 Å². The van der Waals surface area contributed by atoms with Crippen molar-refractivity contribution in [3.63, 3.8) is 0 Å². The summed E-state index contributed by atoms with van der Waals surface area (Å²) in [4.78, 5) is 4.61. The van der Waals surface area contributed by atoms with Crippen molar-refractivity contribution >= 4 is 10.8 Å². The van der Waals surface area contributed by atoms with Crippen molar-refractivity contribution in [2.24, 2.45) is 5.90 Å². The van der Waals surface area contributed by atoms with Crippen molar-refractivity contribution in [3.8, 4) is 5.88 Å². The van der Waals surface area contributed by atoms with Crippen LogP contribution >= 0.6 is 0 Å². The number of rotatable bonds is 1. The van der Waals surface area contributed by atoms with E-state index in [0.717, 1.165) is 16.5 Å². The summed E-state index contributed by atoms with van der Waals surface area (Å²) < 4.78 is 0. The Morgan fingerprint density at radius 3 is 2.54 bits per heavy atom. The molecule has 0 amide bonds. The second-order valence-corrected chi connectivity index (χ2v) is 2.75. The first-order valence-electron chi connectivity index (χ1n) is 3.91. The van der Waals surface area contributed by atoms with Gasteiger partial charge >= 0.3 is 0 Å². The molecule has 2 rings (SSSR count). The monoisotopic (exact) mass is 175 g/mol. The van der Waals surface area contributed by atoms with Crippen LogP contribution in [-0.2, 0) is 0 Å². The van der Waals surface area contributed by atoms with E-state index in [4.69, 9.17) is 5.90 Å². The van der Waals surface area contributed by atoms with Crippen LogP contribution in [0, 0.1) is 6.92 Å². The average Bonchev–Trinajstić information content (AvgIpc) is 2.19. The topological polar surface area (TPSA) is 61.0 Å². The molecule has 13 heavy (non-hydrogen) atoms. The predicted octanol–water partition coefficient (Wildman–Crippen LogP) is 1.19. The molecule has 0 aliphatic carbocycles. The zero-order valence-corrected chi connectivity index (χ0v) is 7.19. The number of aryl methyl sites for hydroxylation is 1. The Labute approximate surface area is 75.3 Å². The molecular formula is C9H9N3O. The minimum atomic E-state index is 0.362. The second kappa shape index (κ2) is 2.99. The van der Waals surface area contributed by atoms with E-state index in [1.54, 1.807) is 0 Å². The normalized spacial score (nSPS) is 10.3. The van der Waals surface area contributed by atoms with E-state index >= 15 is 0 Å². The zero-order chi connectivity index (χ0) is 9.26. The molecule has 0 aliphatic heterocycles. The lowest BCUT2D eigenvalue weighted by Gasteiger charge is -2.03. The number of aromatic nitrogens is 2. The summed E-state index contributed by atoms with van der Waals surface area (Å²) in [5.74, 6) is 5.43. The molecule has 4 nitrogen and oxygen atoms in total. The quantitative estimate of drug-likeness (QED) is 0.661. The fourth-order valence-corrected chi connectivity index (χ4v) is 1.30. The Morgan fingerprint density at radius 2 is 1.85 bits per heavy atom. The minimum Gasteiger partial charge on any atom is -0.389 e. The maximum absolute atomic E-state index is 5.06. The van der Waals surface area contributed by atoms with Crippen molar-refractivity contribution in [1.82, 2.24) is 10.2 Å². The van der Waals surface area contributed by atoms with Crippen molar-refractivity contribution in [1.29, 1.82) is 0 Å². The molecule has 1 aromatic carbocycles. The summed E-state index contributed by atoms with van der Waals surface area (Å²) >= 11 is 0. The van der Waals surface area contributed by atoms with Crippen LogP contribution in [0.2, 0.25) is 0 Å². The van der Waals surface area contributed by atoms with Crippen LogP contribution in [0.1, 0.15) is 5.69 Å². The molecule has 66 valence electrons. The van der Waals surface area contributed by atoms with Gasteiger partial charge in [-0.1, -0.05) is 18.2 Å². The van der Waals surface area contributed by atoms with Crippen LogP contribution in [0.15, 0.2) is 24.3 Å². The number of hydrogen-bond donors (Lipinski definition) is 1. The minimum absolute atomic E-state index is 0.362. The maximum Gasteiger partial charge on any atom is 0.264 e. The van der Waals surface area contributed by atoms with Gasteiger partial charge in [-0.25, -0.2) is 0 Å². The molecule has 0 spiro atoms. The Bertz CT molecular complexity index is 442. The van der Waals surface area contributed by atoms with E-state index in [-0.39, 0.29) is 0 Å². The molecule has 0 saturated carbocycles. The second-order valence-electron chi connectivity index (χ2n) is 2.75. The van der Waals surface area contributed by atoms with Crippen LogP contribution in [0.5, 0.6) is 5.88 Å². The summed E-state index contributed by atoms with van der Waals surface area (Å²) in [6.45, 7) is 1.90. The maximum atomic E-state index is 5.06. The van der Waals surface area contributed by atoms with E-state index in [1.165, 1.54) is 0 Å². The number of hydrogen-bond acceptors (Lipinski definition) is 4. The molecule has 0 radical (unpaired) electrons. The molecule has 0 saturated heterocycles. The Balaban J connectivity index is 2.84. The summed E-state index contributed by atoms with van der Waals surface area (Å²) in [5.41, 5.74) is 0.872. The lowest BCUT2D eigenvalue weighted by atomic mass is 10.1. The van der Waals surface area contributed by atoms with Gasteiger partial charge in [0, 0.05) is 10.8 Å². The van der Waals surface area contributed by atoms with Gasteiger partial charge in [-0.2, -0.15) is 11.0 Å². The Hall–Kier alpha value is -1.68. The van der Waals surface area contributed by atoms with Gasteiger partial charge in [0.25, 0.3) is 5.88 Å². The highest BCUT2D eigenvalue weighted by molar-refractivity contribution is 5.88. The van der Waals surface area contributed by atoms with Gasteiger partial charge in [-0.15, -0.1) is 5.10 Å². The highest BCUT2D eigenvalue weighted by Crippen LogP contribution is 2.22. The first kappa shape index (κ1) is 7.94. The molecule has 0 atom stereocenters. The third-order valence-corrected chi connectivity index (χ3v) is 1.95. The molecule has 0 bridgehead atoms. The first-order valence-corrected chi connectivity index (χ1v) is 3.91. The molecule has 1 heterocycles. The van der Waals surface area contributed by atoms with E-state index < -0.39 is 0 Å². The van der Waals surface area contributed by atoms with E-state index in [9.17, 15) is 0 Å². The van der Waals surface area contributed by atoms with Crippen LogP contribution in [0.3, 0.4) is 0 Å². The zero-order valence-electron chi connectivity index (χ0n) is 7.19. The van der Waals surface area contributed by atoms with E-state index in [1.807, 2.05) is 31.2 Å².